The van der Waals surface area contributed by atoms with Gasteiger partial charge in [-0.25, -0.2) is 8.42 Å². The highest BCUT2D eigenvalue weighted by atomic mass is 35.5. The van der Waals surface area contributed by atoms with E-state index < -0.39 is 10.0 Å². The van der Waals surface area contributed by atoms with Crippen LogP contribution in [0.5, 0.6) is 0 Å². The van der Waals surface area contributed by atoms with Crippen LogP contribution in [0.2, 0.25) is 5.02 Å². The smallest absolute Gasteiger partial charge is 0.244 e. The highest BCUT2D eigenvalue weighted by Crippen LogP contribution is 2.32. The molecule has 2 aromatic rings. The lowest BCUT2D eigenvalue weighted by atomic mass is 9.97. The summed E-state index contributed by atoms with van der Waals surface area (Å²) in [5, 5.41) is 12.2. The molecule has 0 amide bonds. The van der Waals surface area contributed by atoms with Crippen LogP contribution in [0.1, 0.15) is 36.0 Å². The van der Waals surface area contributed by atoms with Gasteiger partial charge in [0.05, 0.1) is 11.6 Å². The lowest BCUT2D eigenvalue weighted by molar-refractivity contribution is 0.307. The SMILES string of the molecule is Cc1ccc(S(=O)(=O)N2CCC(c3nnc4n3CCNC4)CC2)c(Cl)c1.Cl. The van der Waals surface area contributed by atoms with E-state index in [0.29, 0.717) is 13.1 Å². The molecule has 0 atom stereocenters. The number of hydrogen-bond donors (Lipinski definition) is 1. The van der Waals surface area contributed by atoms with Gasteiger partial charge in [-0.1, -0.05) is 17.7 Å². The predicted octanol–water partition coefficient (Wildman–Crippen LogP) is 2.33. The van der Waals surface area contributed by atoms with Crippen molar-refractivity contribution in [2.45, 2.75) is 43.7 Å². The summed E-state index contributed by atoms with van der Waals surface area (Å²) in [7, 11) is -3.57. The standard InChI is InChI=1S/C17H22ClN5O2S.ClH/c1-12-2-3-15(14(18)10-12)26(24,25)22-7-4-13(5-8-22)17-21-20-16-11-19-6-9-23(16)17;/h2-3,10,13,19H,4-9,11H2,1H3;1H. The third kappa shape index (κ3) is 3.86. The van der Waals surface area contributed by atoms with Crippen LogP contribution in [0.4, 0.5) is 0 Å². The Hall–Kier alpha value is -1.19. The van der Waals surface area contributed by atoms with Crippen LogP contribution in [0.3, 0.4) is 0 Å². The first kappa shape index (κ1) is 20.5. The molecule has 0 unspecified atom stereocenters. The molecule has 148 valence electrons. The van der Waals surface area contributed by atoms with Crippen molar-refractivity contribution in [1.29, 1.82) is 0 Å². The molecule has 0 spiro atoms. The van der Waals surface area contributed by atoms with Crippen molar-refractivity contribution >= 4 is 34.0 Å². The second-order valence-corrected chi connectivity index (χ2v) is 9.23. The Morgan fingerprint density at radius 1 is 1.19 bits per heavy atom. The van der Waals surface area contributed by atoms with Gasteiger partial charge in [-0.15, -0.1) is 22.6 Å². The van der Waals surface area contributed by atoms with Gasteiger partial charge in [-0.05, 0) is 37.5 Å². The second kappa shape index (κ2) is 8.05. The van der Waals surface area contributed by atoms with E-state index >= 15 is 0 Å². The summed E-state index contributed by atoms with van der Waals surface area (Å²) in [6, 6.07) is 5.07. The number of aryl methyl sites for hydroxylation is 1. The first-order valence-electron chi connectivity index (χ1n) is 8.86. The zero-order valence-corrected chi connectivity index (χ0v) is 17.4. The first-order chi connectivity index (χ1) is 12.5. The average molecular weight is 432 g/mol. The minimum Gasteiger partial charge on any atom is -0.312 e. The summed E-state index contributed by atoms with van der Waals surface area (Å²) in [5.74, 6) is 2.20. The molecule has 1 aromatic carbocycles. The van der Waals surface area contributed by atoms with Gasteiger partial charge < -0.3 is 9.88 Å². The highest BCUT2D eigenvalue weighted by Gasteiger charge is 2.33. The number of piperidine rings is 1. The van der Waals surface area contributed by atoms with Gasteiger partial charge in [-0.3, -0.25) is 0 Å². The molecule has 2 aliphatic rings. The molecule has 2 aliphatic heterocycles. The maximum atomic E-state index is 12.9. The normalized spacial score (nSPS) is 18.7. The number of halogens is 2. The molecule has 0 aliphatic carbocycles. The fourth-order valence-electron chi connectivity index (χ4n) is 3.73. The van der Waals surface area contributed by atoms with Crippen LogP contribution in [-0.2, 0) is 23.1 Å². The van der Waals surface area contributed by atoms with E-state index in [0.717, 1.165) is 49.7 Å². The zero-order chi connectivity index (χ0) is 18.3. The molecule has 1 N–H and O–H groups in total. The summed E-state index contributed by atoms with van der Waals surface area (Å²) < 4.78 is 29.6. The third-order valence-electron chi connectivity index (χ3n) is 5.18. The number of hydrogen-bond acceptors (Lipinski definition) is 5. The Kier molecular flexibility index (Phi) is 6.12. The monoisotopic (exact) mass is 431 g/mol. The summed E-state index contributed by atoms with van der Waals surface area (Å²) in [5.41, 5.74) is 0.943. The summed E-state index contributed by atoms with van der Waals surface area (Å²) in [6.07, 6.45) is 1.49. The third-order valence-corrected chi connectivity index (χ3v) is 7.56. The molecule has 1 saturated heterocycles. The lowest BCUT2D eigenvalue weighted by Crippen LogP contribution is -2.39. The fourth-order valence-corrected chi connectivity index (χ4v) is 5.77. The van der Waals surface area contributed by atoms with Gasteiger partial charge in [0, 0.05) is 32.1 Å². The van der Waals surface area contributed by atoms with E-state index in [2.05, 4.69) is 20.1 Å². The van der Waals surface area contributed by atoms with Gasteiger partial charge in [0.25, 0.3) is 0 Å². The van der Waals surface area contributed by atoms with Crippen molar-refractivity contribution < 1.29 is 8.42 Å². The van der Waals surface area contributed by atoms with Crippen LogP contribution >= 0.6 is 24.0 Å². The van der Waals surface area contributed by atoms with Gasteiger partial charge in [0.15, 0.2) is 0 Å². The summed E-state index contributed by atoms with van der Waals surface area (Å²) in [4.78, 5) is 0.189. The molecule has 1 aromatic heterocycles. The van der Waals surface area contributed by atoms with E-state index in [1.807, 2.05) is 6.92 Å². The molecule has 3 heterocycles. The number of fused-ring (bicyclic) bond motifs is 1. The minimum atomic E-state index is -3.57. The van der Waals surface area contributed by atoms with Crippen molar-refractivity contribution in [1.82, 2.24) is 24.4 Å². The summed E-state index contributed by atoms with van der Waals surface area (Å²) >= 11 is 6.19. The Bertz CT molecular complexity index is 923. The molecule has 10 heteroatoms. The topological polar surface area (TPSA) is 80.1 Å². The summed E-state index contributed by atoms with van der Waals surface area (Å²) in [6.45, 7) is 5.36. The van der Waals surface area contributed by atoms with E-state index in [-0.39, 0.29) is 28.2 Å². The Morgan fingerprint density at radius 2 is 1.93 bits per heavy atom. The number of benzene rings is 1. The van der Waals surface area contributed by atoms with Crippen molar-refractivity contribution in [3.8, 4) is 0 Å². The van der Waals surface area contributed by atoms with Crippen LogP contribution < -0.4 is 5.32 Å². The molecule has 7 nitrogen and oxygen atoms in total. The maximum absolute atomic E-state index is 12.9. The largest absolute Gasteiger partial charge is 0.312 e. The van der Waals surface area contributed by atoms with Crippen molar-refractivity contribution in [2.75, 3.05) is 19.6 Å². The van der Waals surface area contributed by atoms with Crippen LogP contribution in [0, 0.1) is 6.92 Å². The molecule has 0 saturated carbocycles. The van der Waals surface area contributed by atoms with Crippen LogP contribution in [0.15, 0.2) is 23.1 Å². The molecule has 27 heavy (non-hydrogen) atoms. The highest BCUT2D eigenvalue weighted by molar-refractivity contribution is 7.89. The maximum Gasteiger partial charge on any atom is 0.244 e. The quantitative estimate of drug-likeness (QED) is 0.806. The molecule has 0 radical (unpaired) electrons. The zero-order valence-electron chi connectivity index (χ0n) is 15.1. The number of nitrogens with zero attached hydrogens (tertiary/aromatic N) is 4. The van der Waals surface area contributed by atoms with Gasteiger partial charge >= 0.3 is 0 Å². The van der Waals surface area contributed by atoms with E-state index in [1.54, 1.807) is 18.2 Å². The van der Waals surface area contributed by atoms with E-state index in [1.165, 1.54) is 4.31 Å². The molecule has 0 bridgehead atoms. The lowest BCUT2D eigenvalue weighted by Gasteiger charge is -2.31. The molecule has 4 rings (SSSR count). The van der Waals surface area contributed by atoms with Gasteiger partial charge in [0.2, 0.25) is 10.0 Å². The van der Waals surface area contributed by atoms with Crippen LogP contribution in [0.25, 0.3) is 0 Å². The molecule has 1 fully saturated rings. The van der Waals surface area contributed by atoms with Gasteiger partial charge in [0.1, 0.15) is 16.5 Å². The van der Waals surface area contributed by atoms with Gasteiger partial charge in [-0.2, -0.15) is 4.31 Å². The minimum absolute atomic E-state index is 0. The van der Waals surface area contributed by atoms with Crippen molar-refractivity contribution in [2.24, 2.45) is 0 Å². The van der Waals surface area contributed by atoms with E-state index in [9.17, 15) is 8.42 Å². The van der Waals surface area contributed by atoms with E-state index in [4.69, 9.17) is 11.6 Å². The van der Waals surface area contributed by atoms with Crippen molar-refractivity contribution in [3.05, 3.63) is 40.4 Å². The number of nitrogens with one attached hydrogen (secondary N) is 1. The fraction of sp³-hybridized carbons (Fsp3) is 0.529. The number of aromatic nitrogens is 3. The Balaban J connectivity index is 0.00000210. The predicted molar refractivity (Wildman–Crippen MR) is 106 cm³/mol. The first-order valence-corrected chi connectivity index (χ1v) is 10.7. The second-order valence-electron chi connectivity index (χ2n) is 6.92. The Morgan fingerprint density at radius 3 is 2.63 bits per heavy atom. The Labute approximate surface area is 170 Å². The number of rotatable bonds is 3. The average Bonchev–Trinajstić information content (AvgIpc) is 3.05. The molecular formula is C17H23Cl2N5O2S. The van der Waals surface area contributed by atoms with Crippen LogP contribution in [-0.4, -0.2) is 47.1 Å². The molecular weight excluding hydrogens is 409 g/mol. The van der Waals surface area contributed by atoms with Crippen molar-refractivity contribution in [3.63, 3.8) is 0 Å². The number of sulfonamides is 1.